The fraction of sp³-hybridized carbons (Fsp3) is 0.269. The Morgan fingerprint density at radius 2 is 1.92 bits per heavy atom. The zero-order chi connectivity index (χ0) is 26.1. The number of rotatable bonds is 12. The van der Waals surface area contributed by atoms with Gasteiger partial charge >= 0.3 is 5.97 Å². The molecule has 10 heteroatoms. The number of carbonyl (C=O) groups excluding carboxylic acids is 1. The van der Waals surface area contributed by atoms with E-state index < -0.39 is 27.8 Å². The van der Waals surface area contributed by atoms with Crippen LogP contribution in [0.3, 0.4) is 0 Å². The number of halogens is 1. The molecule has 0 unspecified atom stereocenters. The highest BCUT2D eigenvalue weighted by atomic mass is 32.2. The average Bonchev–Trinajstić information content (AvgIpc) is 3.34. The number of benzene rings is 2. The first kappa shape index (κ1) is 26.8. The van der Waals surface area contributed by atoms with Crippen molar-refractivity contribution in [2.75, 3.05) is 12.0 Å². The van der Waals surface area contributed by atoms with Gasteiger partial charge in [-0.25, -0.2) is 22.6 Å². The van der Waals surface area contributed by atoms with E-state index in [0.29, 0.717) is 30.5 Å². The first-order chi connectivity index (χ1) is 17.1. The SMILES string of the molecule is CS(=O)(=O)CC[C@H](NC(=O)c1cc(/C=C\Cn2ccnc2)ccc1CCc1ccc(F)cc1)C(=O)O. The third-order valence-corrected chi connectivity index (χ3v) is 6.52. The molecule has 0 fully saturated rings. The zero-order valence-corrected chi connectivity index (χ0v) is 20.6. The Balaban J connectivity index is 1.82. The number of allylic oxidation sites excluding steroid dienone is 1. The van der Waals surface area contributed by atoms with Gasteiger partial charge in [-0.2, -0.15) is 0 Å². The van der Waals surface area contributed by atoms with Gasteiger partial charge < -0.3 is 15.0 Å². The van der Waals surface area contributed by atoms with Crippen molar-refractivity contribution in [3.63, 3.8) is 0 Å². The minimum Gasteiger partial charge on any atom is -0.480 e. The molecule has 0 radical (unpaired) electrons. The van der Waals surface area contributed by atoms with Gasteiger partial charge in [-0.3, -0.25) is 4.79 Å². The van der Waals surface area contributed by atoms with Crippen molar-refractivity contribution in [1.82, 2.24) is 14.9 Å². The Bertz CT molecular complexity index is 1320. The van der Waals surface area contributed by atoms with E-state index in [1.54, 1.807) is 30.7 Å². The third-order valence-electron chi connectivity index (χ3n) is 5.54. The highest BCUT2D eigenvalue weighted by molar-refractivity contribution is 7.90. The molecule has 8 nitrogen and oxygen atoms in total. The summed E-state index contributed by atoms with van der Waals surface area (Å²) in [6, 6.07) is 10.1. The van der Waals surface area contributed by atoms with Crippen LogP contribution in [0.1, 0.15) is 33.5 Å². The minimum atomic E-state index is -3.40. The van der Waals surface area contributed by atoms with Gasteiger partial charge in [-0.05, 0) is 54.2 Å². The molecule has 0 saturated carbocycles. The van der Waals surface area contributed by atoms with Crippen molar-refractivity contribution in [2.24, 2.45) is 0 Å². The van der Waals surface area contributed by atoms with Crippen LogP contribution >= 0.6 is 0 Å². The van der Waals surface area contributed by atoms with Crippen LogP contribution in [0.2, 0.25) is 0 Å². The van der Waals surface area contributed by atoms with Gasteiger partial charge in [-0.15, -0.1) is 0 Å². The maximum absolute atomic E-state index is 13.2. The summed E-state index contributed by atoms with van der Waals surface area (Å²) in [5.74, 6) is -2.61. The van der Waals surface area contributed by atoms with Crippen molar-refractivity contribution in [3.8, 4) is 0 Å². The topological polar surface area (TPSA) is 118 Å². The van der Waals surface area contributed by atoms with Crippen LogP contribution in [-0.2, 0) is 34.0 Å². The van der Waals surface area contributed by atoms with Crippen molar-refractivity contribution in [1.29, 1.82) is 0 Å². The molecule has 190 valence electrons. The Hall–Kier alpha value is -3.79. The van der Waals surface area contributed by atoms with E-state index in [9.17, 15) is 27.5 Å². The number of sulfone groups is 1. The molecule has 0 bridgehead atoms. The van der Waals surface area contributed by atoms with E-state index in [1.807, 2.05) is 35.0 Å². The van der Waals surface area contributed by atoms with Gasteiger partial charge in [0, 0.05) is 30.8 Å². The molecule has 2 aromatic carbocycles. The van der Waals surface area contributed by atoms with E-state index in [1.165, 1.54) is 12.1 Å². The molecule has 1 aromatic heterocycles. The number of nitrogens with one attached hydrogen (secondary N) is 1. The molecule has 0 saturated heterocycles. The van der Waals surface area contributed by atoms with Crippen LogP contribution in [0.15, 0.2) is 67.3 Å². The number of carboxylic acids is 1. The Kier molecular flexibility index (Phi) is 9.13. The first-order valence-corrected chi connectivity index (χ1v) is 13.4. The number of aryl methyl sites for hydroxylation is 2. The molecule has 1 atom stereocenters. The van der Waals surface area contributed by atoms with Gasteiger partial charge in [0.2, 0.25) is 0 Å². The highest BCUT2D eigenvalue weighted by Crippen LogP contribution is 2.18. The number of nitrogens with zero attached hydrogens (tertiary/aromatic N) is 2. The van der Waals surface area contributed by atoms with Crippen LogP contribution < -0.4 is 5.32 Å². The Labute approximate surface area is 209 Å². The summed E-state index contributed by atoms with van der Waals surface area (Å²) in [6.07, 6.45) is 10.7. The second kappa shape index (κ2) is 12.3. The Morgan fingerprint density at radius 3 is 2.56 bits per heavy atom. The summed E-state index contributed by atoms with van der Waals surface area (Å²) < 4.78 is 38.1. The number of hydrogen-bond donors (Lipinski definition) is 2. The van der Waals surface area contributed by atoms with E-state index in [2.05, 4.69) is 10.3 Å². The van der Waals surface area contributed by atoms with E-state index in [-0.39, 0.29) is 18.0 Å². The van der Waals surface area contributed by atoms with Gasteiger partial charge in [0.25, 0.3) is 5.91 Å². The van der Waals surface area contributed by atoms with Crippen molar-refractivity contribution >= 4 is 27.8 Å². The minimum absolute atomic E-state index is 0.241. The summed E-state index contributed by atoms with van der Waals surface area (Å²) in [5.41, 5.74) is 2.63. The maximum atomic E-state index is 13.2. The highest BCUT2D eigenvalue weighted by Gasteiger charge is 2.23. The molecule has 0 aliphatic heterocycles. The summed E-state index contributed by atoms with van der Waals surface area (Å²) in [6.45, 7) is 0.584. The molecule has 2 N–H and O–H groups in total. The number of aliphatic carboxylic acids is 1. The first-order valence-electron chi connectivity index (χ1n) is 11.3. The fourth-order valence-electron chi connectivity index (χ4n) is 3.59. The molecule has 36 heavy (non-hydrogen) atoms. The largest absolute Gasteiger partial charge is 0.480 e. The molecular formula is C26H28FN3O5S. The third kappa shape index (κ3) is 8.46. The molecule has 1 amide bonds. The second-order valence-electron chi connectivity index (χ2n) is 8.49. The smallest absolute Gasteiger partial charge is 0.326 e. The zero-order valence-electron chi connectivity index (χ0n) is 19.8. The van der Waals surface area contributed by atoms with Crippen molar-refractivity contribution in [2.45, 2.75) is 31.8 Å². The van der Waals surface area contributed by atoms with Gasteiger partial charge in [-0.1, -0.05) is 36.4 Å². The van der Waals surface area contributed by atoms with Crippen molar-refractivity contribution < 1.29 is 27.5 Å². The maximum Gasteiger partial charge on any atom is 0.326 e. The number of carbonyl (C=O) groups is 2. The van der Waals surface area contributed by atoms with E-state index >= 15 is 0 Å². The van der Waals surface area contributed by atoms with Gasteiger partial charge in [0.15, 0.2) is 0 Å². The lowest BCUT2D eigenvalue weighted by atomic mass is 9.96. The summed E-state index contributed by atoms with van der Waals surface area (Å²) in [5, 5.41) is 12.0. The summed E-state index contributed by atoms with van der Waals surface area (Å²) in [4.78, 5) is 28.8. The monoisotopic (exact) mass is 513 g/mol. The average molecular weight is 514 g/mol. The molecule has 1 heterocycles. The van der Waals surface area contributed by atoms with Crippen LogP contribution in [0.4, 0.5) is 4.39 Å². The molecular weight excluding hydrogens is 485 g/mol. The number of amides is 1. The molecule has 0 aliphatic rings. The number of aromatic nitrogens is 2. The number of hydrogen-bond acceptors (Lipinski definition) is 5. The van der Waals surface area contributed by atoms with Crippen LogP contribution in [-0.4, -0.2) is 53.0 Å². The Morgan fingerprint density at radius 1 is 1.17 bits per heavy atom. The fourth-order valence-corrected chi connectivity index (χ4v) is 4.25. The van der Waals surface area contributed by atoms with E-state index in [4.69, 9.17) is 0 Å². The molecule has 3 rings (SSSR count). The molecule has 0 aliphatic carbocycles. The number of carboxylic acid groups (broad SMARTS) is 1. The summed E-state index contributed by atoms with van der Waals surface area (Å²) in [7, 11) is -3.40. The van der Waals surface area contributed by atoms with Crippen molar-refractivity contribution in [3.05, 3.63) is 95.3 Å². The second-order valence-corrected chi connectivity index (χ2v) is 10.7. The van der Waals surface area contributed by atoms with Crippen LogP contribution in [0.25, 0.3) is 6.08 Å². The predicted molar refractivity (Wildman–Crippen MR) is 135 cm³/mol. The standard InChI is InChI=1S/C26H28FN3O5S/c1-36(34,35)16-12-24(26(32)33)29-25(31)23-17-20(3-2-14-30-15-13-28-18-30)5-9-21(23)8-4-19-6-10-22(27)11-7-19/h2-3,5-7,9-11,13,15,17-18,24H,4,8,12,14,16H2,1H3,(H,29,31)(H,32,33)/b3-2-/t24-/m0/s1. The predicted octanol–water partition coefficient (Wildman–Crippen LogP) is 3.14. The summed E-state index contributed by atoms with van der Waals surface area (Å²) >= 11 is 0. The molecule has 0 spiro atoms. The lowest BCUT2D eigenvalue weighted by molar-refractivity contribution is -0.139. The molecule has 3 aromatic rings. The number of imidazole rings is 1. The van der Waals surface area contributed by atoms with Crippen LogP contribution in [0, 0.1) is 5.82 Å². The van der Waals surface area contributed by atoms with Crippen LogP contribution in [0.5, 0.6) is 0 Å². The van der Waals surface area contributed by atoms with Gasteiger partial charge in [0.05, 0.1) is 12.1 Å². The lowest BCUT2D eigenvalue weighted by Gasteiger charge is -2.16. The van der Waals surface area contributed by atoms with E-state index in [0.717, 1.165) is 17.4 Å². The normalized spacial score (nSPS) is 12.5. The lowest BCUT2D eigenvalue weighted by Crippen LogP contribution is -2.42. The van der Waals surface area contributed by atoms with Gasteiger partial charge in [0.1, 0.15) is 21.7 Å². The quantitative estimate of drug-likeness (QED) is 0.384.